The van der Waals surface area contributed by atoms with Gasteiger partial charge >= 0.3 is 0 Å². The number of morpholine rings is 1. The predicted octanol–water partition coefficient (Wildman–Crippen LogP) is 1.54. The van der Waals surface area contributed by atoms with E-state index in [1.165, 1.54) is 0 Å². The maximum absolute atomic E-state index is 13.0. The lowest BCUT2D eigenvalue weighted by atomic mass is 10.1. The predicted molar refractivity (Wildman–Crippen MR) is 92.1 cm³/mol. The van der Waals surface area contributed by atoms with Crippen molar-refractivity contribution in [3.05, 3.63) is 53.9 Å². The average molecular weight is 341 g/mol. The fourth-order valence-electron chi connectivity index (χ4n) is 3.95. The van der Waals surface area contributed by atoms with Crippen molar-refractivity contribution < 1.29 is 14.6 Å². The molecule has 1 N–H and O–H groups in total. The molecule has 2 heterocycles. The summed E-state index contributed by atoms with van der Waals surface area (Å²) in [6.45, 7) is 1.97. The highest BCUT2D eigenvalue weighted by molar-refractivity contribution is 5.94. The van der Waals surface area contributed by atoms with Gasteiger partial charge in [0.05, 0.1) is 37.1 Å². The van der Waals surface area contributed by atoms with Crippen LogP contribution in [0.1, 0.15) is 28.8 Å². The van der Waals surface area contributed by atoms with Crippen LogP contribution in [0.3, 0.4) is 0 Å². The number of amides is 1. The lowest BCUT2D eigenvalue weighted by Crippen LogP contribution is -2.51. The van der Waals surface area contributed by atoms with E-state index in [1.54, 1.807) is 10.9 Å². The van der Waals surface area contributed by atoms with E-state index < -0.39 is 0 Å². The third-order valence-electron chi connectivity index (χ3n) is 5.22. The molecular formula is C19H23N3O3. The number of aliphatic hydroxyl groups excluding tert-OH is 1. The quantitative estimate of drug-likeness (QED) is 0.916. The summed E-state index contributed by atoms with van der Waals surface area (Å²) in [5.41, 5.74) is 1.77. The highest BCUT2D eigenvalue weighted by Crippen LogP contribution is 2.34. The molecule has 4 rings (SSSR count). The summed E-state index contributed by atoms with van der Waals surface area (Å²) in [4.78, 5) is 14.9. The van der Waals surface area contributed by atoms with Crippen molar-refractivity contribution in [2.45, 2.75) is 31.5 Å². The first-order valence-corrected chi connectivity index (χ1v) is 8.84. The van der Waals surface area contributed by atoms with E-state index in [2.05, 4.69) is 5.10 Å². The Balaban J connectivity index is 1.47. The molecule has 1 saturated carbocycles. The topological polar surface area (TPSA) is 67.6 Å². The van der Waals surface area contributed by atoms with Crippen LogP contribution >= 0.6 is 0 Å². The van der Waals surface area contributed by atoms with E-state index in [-0.39, 0.29) is 30.6 Å². The minimum atomic E-state index is 0.0104. The lowest BCUT2D eigenvalue weighted by Gasteiger charge is -2.37. The molecule has 2 aliphatic rings. The van der Waals surface area contributed by atoms with E-state index in [4.69, 9.17) is 4.74 Å². The van der Waals surface area contributed by atoms with Crippen LogP contribution in [0, 0.1) is 5.92 Å². The first-order chi connectivity index (χ1) is 12.2. The molecule has 0 bridgehead atoms. The summed E-state index contributed by atoms with van der Waals surface area (Å²) in [6.07, 6.45) is 5.16. The number of aromatic nitrogens is 2. The zero-order chi connectivity index (χ0) is 17.2. The molecule has 2 aromatic rings. The second kappa shape index (κ2) is 6.98. The van der Waals surface area contributed by atoms with E-state index >= 15 is 0 Å². The van der Waals surface area contributed by atoms with Crippen LogP contribution in [-0.4, -0.2) is 57.6 Å². The normalized spacial score (nSPS) is 25.8. The van der Waals surface area contributed by atoms with Crippen LogP contribution in [0.2, 0.25) is 0 Å². The molecular weight excluding hydrogens is 318 g/mol. The SMILES string of the molecule is O=C(c1cnn(Cc2ccccc2)c1)N1CCOC2C[C@H](CO)C[C@@H]21. The first kappa shape index (κ1) is 16.3. The minimum absolute atomic E-state index is 0.0104. The van der Waals surface area contributed by atoms with E-state index in [9.17, 15) is 9.90 Å². The number of hydrogen-bond donors (Lipinski definition) is 1. The summed E-state index contributed by atoms with van der Waals surface area (Å²) in [5, 5.41) is 13.8. The van der Waals surface area contributed by atoms with Gasteiger partial charge in [-0.05, 0) is 24.3 Å². The Morgan fingerprint density at radius 2 is 2.12 bits per heavy atom. The standard InChI is InChI=1S/C19H23N3O3/c23-13-15-8-17-18(9-15)25-7-6-22(17)19(24)16-10-20-21(12-16)11-14-4-2-1-3-5-14/h1-5,10,12,15,17-18,23H,6-9,11,13H2/t15-,17+,18?/m1/s1. The van der Waals surface area contributed by atoms with Gasteiger partial charge in [-0.15, -0.1) is 0 Å². The molecule has 0 spiro atoms. The van der Waals surface area contributed by atoms with Crippen molar-refractivity contribution in [1.29, 1.82) is 0 Å². The van der Waals surface area contributed by atoms with Crippen LogP contribution in [0.25, 0.3) is 0 Å². The maximum atomic E-state index is 13.0. The molecule has 1 aromatic heterocycles. The van der Waals surface area contributed by atoms with E-state index in [1.807, 2.05) is 41.4 Å². The highest BCUT2D eigenvalue weighted by atomic mass is 16.5. The number of nitrogens with zero attached hydrogens (tertiary/aromatic N) is 3. The molecule has 25 heavy (non-hydrogen) atoms. The summed E-state index contributed by atoms with van der Waals surface area (Å²) < 4.78 is 7.61. The highest BCUT2D eigenvalue weighted by Gasteiger charge is 2.42. The molecule has 1 saturated heterocycles. The smallest absolute Gasteiger partial charge is 0.257 e. The van der Waals surface area contributed by atoms with Crippen LogP contribution in [0.15, 0.2) is 42.7 Å². The molecule has 1 aliphatic heterocycles. The summed E-state index contributed by atoms with van der Waals surface area (Å²) in [7, 11) is 0. The Morgan fingerprint density at radius 1 is 1.28 bits per heavy atom. The summed E-state index contributed by atoms with van der Waals surface area (Å²) in [6, 6.07) is 10.1. The van der Waals surface area contributed by atoms with E-state index in [0.29, 0.717) is 25.3 Å². The number of benzene rings is 1. The monoisotopic (exact) mass is 341 g/mol. The number of hydrogen-bond acceptors (Lipinski definition) is 4. The second-order valence-electron chi connectivity index (χ2n) is 6.91. The van der Waals surface area contributed by atoms with Crippen LogP contribution in [0.5, 0.6) is 0 Å². The number of fused-ring (bicyclic) bond motifs is 1. The molecule has 1 amide bonds. The molecule has 1 aliphatic carbocycles. The number of carbonyl (C=O) groups is 1. The number of carbonyl (C=O) groups excluding carboxylic acids is 1. The molecule has 1 aromatic carbocycles. The van der Waals surface area contributed by atoms with Gasteiger partial charge in [-0.3, -0.25) is 9.48 Å². The zero-order valence-electron chi connectivity index (χ0n) is 14.1. The fourth-order valence-corrected chi connectivity index (χ4v) is 3.95. The number of rotatable bonds is 4. The average Bonchev–Trinajstić information content (AvgIpc) is 3.28. The van der Waals surface area contributed by atoms with E-state index in [0.717, 1.165) is 18.4 Å². The molecule has 1 unspecified atom stereocenters. The van der Waals surface area contributed by atoms with Crippen molar-refractivity contribution in [2.75, 3.05) is 19.8 Å². The molecule has 2 fully saturated rings. The molecule has 0 radical (unpaired) electrons. The van der Waals surface area contributed by atoms with Crippen molar-refractivity contribution in [3.63, 3.8) is 0 Å². The fraction of sp³-hybridized carbons (Fsp3) is 0.474. The minimum Gasteiger partial charge on any atom is -0.396 e. The van der Waals surface area contributed by atoms with Crippen molar-refractivity contribution in [2.24, 2.45) is 5.92 Å². The third kappa shape index (κ3) is 3.32. The van der Waals surface area contributed by atoms with Crippen molar-refractivity contribution in [1.82, 2.24) is 14.7 Å². The summed E-state index contributed by atoms with van der Waals surface area (Å²) >= 11 is 0. The zero-order valence-corrected chi connectivity index (χ0v) is 14.1. The molecule has 6 nitrogen and oxygen atoms in total. The Hall–Kier alpha value is -2.18. The first-order valence-electron chi connectivity index (χ1n) is 8.84. The Labute approximate surface area is 147 Å². The van der Waals surface area contributed by atoms with Gasteiger partial charge in [0.1, 0.15) is 0 Å². The number of ether oxygens (including phenoxy) is 1. The largest absolute Gasteiger partial charge is 0.396 e. The summed E-state index contributed by atoms with van der Waals surface area (Å²) in [5.74, 6) is 0.236. The van der Waals surface area contributed by atoms with Gasteiger partial charge in [0, 0.05) is 19.3 Å². The Bertz CT molecular complexity index is 731. The third-order valence-corrected chi connectivity index (χ3v) is 5.22. The Kier molecular flexibility index (Phi) is 4.55. The van der Waals surface area contributed by atoms with Crippen molar-refractivity contribution in [3.8, 4) is 0 Å². The van der Waals surface area contributed by atoms with Crippen LogP contribution in [-0.2, 0) is 11.3 Å². The molecule has 132 valence electrons. The van der Waals surface area contributed by atoms with Gasteiger partial charge < -0.3 is 14.7 Å². The Morgan fingerprint density at radius 3 is 2.92 bits per heavy atom. The molecule has 6 heteroatoms. The number of aliphatic hydroxyl groups is 1. The lowest BCUT2D eigenvalue weighted by molar-refractivity contribution is -0.0448. The van der Waals surface area contributed by atoms with Gasteiger partial charge in [-0.25, -0.2) is 0 Å². The second-order valence-corrected chi connectivity index (χ2v) is 6.91. The van der Waals surface area contributed by atoms with Gasteiger partial charge in [-0.1, -0.05) is 30.3 Å². The van der Waals surface area contributed by atoms with Gasteiger partial charge in [0.2, 0.25) is 0 Å². The van der Waals surface area contributed by atoms with Gasteiger partial charge in [0.15, 0.2) is 0 Å². The van der Waals surface area contributed by atoms with Crippen molar-refractivity contribution >= 4 is 5.91 Å². The van der Waals surface area contributed by atoms with Crippen LogP contribution < -0.4 is 0 Å². The van der Waals surface area contributed by atoms with Gasteiger partial charge in [0.25, 0.3) is 5.91 Å². The van der Waals surface area contributed by atoms with Crippen LogP contribution in [0.4, 0.5) is 0 Å². The van der Waals surface area contributed by atoms with Gasteiger partial charge in [-0.2, -0.15) is 5.10 Å². The maximum Gasteiger partial charge on any atom is 0.257 e. The molecule has 3 atom stereocenters.